The minimum Gasteiger partial charge on any atom is -0.465 e. The van der Waals surface area contributed by atoms with E-state index in [9.17, 15) is 4.79 Å². The SMILES string of the molecule is CCOC(=O)[C@@H](CC)Sc1ccc2nnc(-c3ccc(C)cc3)n2n1. The first-order valence-corrected chi connectivity index (χ1v) is 9.13. The minimum absolute atomic E-state index is 0.209. The lowest BCUT2D eigenvalue weighted by atomic mass is 10.1. The fourth-order valence-corrected chi connectivity index (χ4v) is 3.29. The summed E-state index contributed by atoms with van der Waals surface area (Å²) in [4.78, 5) is 12.0. The molecule has 0 fully saturated rings. The lowest BCUT2D eigenvalue weighted by molar-refractivity contribution is -0.142. The molecule has 2 aromatic heterocycles. The topological polar surface area (TPSA) is 69.4 Å². The number of thioether (sulfide) groups is 1. The highest BCUT2D eigenvalue weighted by atomic mass is 32.2. The molecule has 0 saturated heterocycles. The van der Waals surface area contributed by atoms with Gasteiger partial charge in [0.2, 0.25) is 0 Å². The van der Waals surface area contributed by atoms with E-state index in [1.807, 2.05) is 57.2 Å². The number of ether oxygens (including phenoxy) is 1. The summed E-state index contributed by atoms with van der Waals surface area (Å²) in [5.41, 5.74) is 2.80. The van der Waals surface area contributed by atoms with Crippen molar-refractivity contribution in [2.45, 2.75) is 37.5 Å². The van der Waals surface area contributed by atoms with E-state index in [0.717, 1.165) is 10.6 Å². The van der Waals surface area contributed by atoms with Crippen LogP contribution in [-0.2, 0) is 9.53 Å². The largest absolute Gasteiger partial charge is 0.465 e. The molecule has 0 aliphatic carbocycles. The number of hydrogen-bond donors (Lipinski definition) is 0. The van der Waals surface area contributed by atoms with Crippen LogP contribution in [0.2, 0.25) is 0 Å². The second-order valence-electron chi connectivity index (χ2n) is 5.60. The molecule has 6 nitrogen and oxygen atoms in total. The Hall–Kier alpha value is -2.41. The van der Waals surface area contributed by atoms with Gasteiger partial charge in [0.15, 0.2) is 11.5 Å². The van der Waals surface area contributed by atoms with Crippen LogP contribution in [0, 0.1) is 6.92 Å². The highest BCUT2D eigenvalue weighted by Crippen LogP contribution is 2.26. The van der Waals surface area contributed by atoms with Crippen molar-refractivity contribution in [3.8, 4) is 11.4 Å². The molecule has 0 bridgehead atoms. The van der Waals surface area contributed by atoms with Crippen molar-refractivity contribution in [1.29, 1.82) is 0 Å². The first-order valence-electron chi connectivity index (χ1n) is 8.25. The zero-order chi connectivity index (χ0) is 17.8. The Balaban J connectivity index is 1.92. The smallest absolute Gasteiger partial charge is 0.319 e. The summed E-state index contributed by atoms with van der Waals surface area (Å²) in [7, 11) is 0. The average molecular weight is 356 g/mol. The van der Waals surface area contributed by atoms with E-state index in [2.05, 4.69) is 15.3 Å². The van der Waals surface area contributed by atoms with Crippen molar-refractivity contribution in [3.05, 3.63) is 42.0 Å². The second kappa shape index (κ2) is 7.65. The maximum Gasteiger partial charge on any atom is 0.319 e. The number of carbonyl (C=O) groups excluding carboxylic acids is 1. The van der Waals surface area contributed by atoms with E-state index < -0.39 is 0 Å². The molecule has 0 amide bonds. The van der Waals surface area contributed by atoms with Crippen LogP contribution < -0.4 is 0 Å². The molecule has 3 aromatic rings. The predicted octanol–water partition coefficient (Wildman–Crippen LogP) is 3.53. The van der Waals surface area contributed by atoms with Crippen LogP contribution in [0.5, 0.6) is 0 Å². The van der Waals surface area contributed by atoms with E-state index in [-0.39, 0.29) is 11.2 Å². The lowest BCUT2D eigenvalue weighted by Gasteiger charge is -2.12. The van der Waals surface area contributed by atoms with Crippen molar-refractivity contribution in [2.24, 2.45) is 0 Å². The van der Waals surface area contributed by atoms with Crippen molar-refractivity contribution < 1.29 is 9.53 Å². The molecule has 0 radical (unpaired) electrons. The second-order valence-corrected chi connectivity index (χ2v) is 6.82. The van der Waals surface area contributed by atoms with Crippen LogP contribution in [0.25, 0.3) is 17.0 Å². The number of carbonyl (C=O) groups is 1. The molecule has 0 aliphatic heterocycles. The average Bonchev–Trinajstić information content (AvgIpc) is 3.03. The monoisotopic (exact) mass is 356 g/mol. The van der Waals surface area contributed by atoms with Gasteiger partial charge in [0, 0.05) is 5.56 Å². The van der Waals surface area contributed by atoms with Gasteiger partial charge in [0.05, 0.1) is 6.61 Å². The number of fused-ring (bicyclic) bond motifs is 1. The first kappa shape index (κ1) is 17.4. The molecule has 0 saturated carbocycles. The Bertz CT molecular complexity index is 876. The van der Waals surface area contributed by atoms with Gasteiger partial charge in [0.1, 0.15) is 10.3 Å². The van der Waals surface area contributed by atoms with Gasteiger partial charge in [-0.05, 0) is 32.4 Å². The number of aromatic nitrogens is 4. The van der Waals surface area contributed by atoms with Gasteiger partial charge in [0.25, 0.3) is 0 Å². The summed E-state index contributed by atoms with van der Waals surface area (Å²) < 4.78 is 6.84. The fraction of sp³-hybridized carbons (Fsp3) is 0.333. The Morgan fingerprint density at radius 3 is 2.60 bits per heavy atom. The molecule has 3 rings (SSSR count). The molecule has 130 valence electrons. The molecule has 2 heterocycles. The van der Waals surface area contributed by atoms with Gasteiger partial charge in [-0.25, -0.2) is 0 Å². The van der Waals surface area contributed by atoms with E-state index in [0.29, 0.717) is 24.5 Å². The highest BCUT2D eigenvalue weighted by molar-refractivity contribution is 8.00. The molecule has 0 aliphatic rings. The van der Waals surface area contributed by atoms with Gasteiger partial charge in [-0.15, -0.1) is 10.2 Å². The third kappa shape index (κ3) is 3.82. The zero-order valence-electron chi connectivity index (χ0n) is 14.5. The third-order valence-electron chi connectivity index (χ3n) is 3.73. The van der Waals surface area contributed by atoms with Crippen molar-refractivity contribution in [1.82, 2.24) is 19.8 Å². The number of rotatable bonds is 6. The van der Waals surface area contributed by atoms with Gasteiger partial charge >= 0.3 is 5.97 Å². The highest BCUT2D eigenvalue weighted by Gasteiger charge is 2.20. The Morgan fingerprint density at radius 1 is 1.16 bits per heavy atom. The Kier molecular flexibility index (Phi) is 5.33. The summed E-state index contributed by atoms with van der Waals surface area (Å²) in [5.74, 6) is 0.473. The lowest BCUT2D eigenvalue weighted by Crippen LogP contribution is -2.19. The van der Waals surface area contributed by atoms with Crippen molar-refractivity contribution in [3.63, 3.8) is 0 Å². The van der Waals surface area contributed by atoms with E-state index in [1.54, 1.807) is 4.52 Å². The van der Waals surface area contributed by atoms with Crippen LogP contribution in [0.3, 0.4) is 0 Å². The number of aryl methyl sites for hydroxylation is 1. The number of hydrogen-bond acceptors (Lipinski definition) is 6. The first-order chi connectivity index (χ1) is 12.1. The number of benzene rings is 1. The van der Waals surface area contributed by atoms with Crippen LogP contribution in [0.15, 0.2) is 41.4 Å². The molecule has 25 heavy (non-hydrogen) atoms. The standard InChI is InChI=1S/C18H20N4O2S/c1-4-14(18(23)24-5-2)25-16-11-10-15-19-20-17(22(15)21-16)13-8-6-12(3)7-9-13/h6-11,14H,4-5H2,1-3H3/t14-/m1/s1. The summed E-state index contributed by atoms with van der Waals surface area (Å²) in [6, 6.07) is 11.8. The van der Waals surface area contributed by atoms with Gasteiger partial charge in [-0.3, -0.25) is 4.79 Å². The Morgan fingerprint density at radius 2 is 1.92 bits per heavy atom. The molecule has 1 atom stereocenters. The number of nitrogens with zero attached hydrogens (tertiary/aromatic N) is 4. The van der Waals surface area contributed by atoms with E-state index >= 15 is 0 Å². The predicted molar refractivity (Wildman–Crippen MR) is 97.5 cm³/mol. The summed E-state index contributed by atoms with van der Waals surface area (Å²) in [6.07, 6.45) is 0.677. The van der Waals surface area contributed by atoms with Gasteiger partial charge in [-0.2, -0.15) is 9.61 Å². The molecule has 0 spiro atoms. The van der Waals surface area contributed by atoms with Crippen molar-refractivity contribution >= 4 is 23.4 Å². The van der Waals surface area contributed by atoms with Crippen molar-refractivity contribution in [2.75, 3.05) is 6.61 Å². The molecule has 0 unspecified atom stereocenters. The van der Waals surface area contributed by atoms with E-state index in [4.69, 9.17) is 4.74 Å². The summed E-state index contributed by atoms with van der Waals surface area (Å²) in [6.45, 7) is 6.19. The maximum absolute atomic E-state index is 12.0. The van der Waals surface area contributed by atoms with Gasteiger partial charge in [-0.1, -0.05) is 48.5 Å². The minimum atomic E-state index is -0.274. The van der Waals surface area contributed by atoms with Crippen LogP contribution >= 0.6 is 11.8 Å². The third-order valence-corrected chi connectivity index (χ3v) is 5.00. The van der Waals surface area contributed by atoms with Crippen LogP contribution in [0.4, 0.5) is 0 Å². The molecular formula is C18H20N4O2S. The van der Waals surface area contributed by atoms with E-state index in [1.165, 1.54) is 17.3 Å². The van der Waals surface area contributed by atoms with Crippen LogP contribution in [0.1, 0.15) is 25.8 Å². The summed E-state index contributed by atoms with van der Waals surface area (Å²) >= 11 is 1.40. The van der Waals surface area contributed by atoms with Gasteiger partial charge < -0.3 is 4.74 Å². The fourth-order valence-electron chi connectivity index (χ4n) is 2.40. The molecule has 0 N–H and O–H groups in total. The number of esters is 1. The zero-order valence-corrected chi connectivity index (χ0v) is 15.3. The Labute approximate surface area is 150 Å². The van der Waals surface area contributed by atoms with Crippen LogP contribution in [-0.4, -0.2) is 37.6 Å². The normalized spacial score (nSPS) is 12.3. The molecular weight excluding hydrogens is 336 g/mol. The maximum atomic E-state index is 12.0. The summed E-state index contributed by atoms with van der Waals surface area (Å²) in [5, 5.41) is 13.5. The quantitative estimate of drug-likeness (QED) is 0.497. The molecule has 1 aromatic carbocycles. The molecule has 7 heteroatoms.